The minimum atomic E-state index is -3.61. The van der Waals surface area contributed by atoms with Crippen LogP contribution in [-0.2, 0) is 10.0 Å². The fourth-order valence-corrected chi connectivity index (χ4v) is 3.48. The Hall–Kier alpha value is -2.04. The van der Waals surface area contributed by atoms with Gasteiger partial charge in [0.1, 0.15) is 0 Å². The first-order valence-corrected chi connectivity index (χ1v) is 8.19. The van der Waals surface area contributed by atoms with Gasteiger partial charge in [0, 0.05) is 15.8 Å². The molecule has 5 heteroatoms. The monoisotopic (exact) mass is 317 g/mol. The summed E-state index contributed by atoms with van der Waals surface area (Å²) in [6.45, 7) is 0. The van der Waals surface area contributed by atoms with Crippen LogP contribution in [0.25, 0.3) is 10.8 Å². The Morgan fingerprint density at radius 2 is 1.38 bits per heavy atom. The van der Waals surface area contributed by atoms with Crippen molar-refractivity contribution in [3.05, 3.63) is 71.8 Å². The minimum Gasteiger partial charge on any atom is -0.279 e. The first-order valence-electron chi connectivity index (χ1n) is 6.33. The van der Waals surface area contributed by atoms with Crippen LogP contribution in [0.15, 0.2) is 71.6 Å². The maximum absolute atomic E-state index is 12.4. The smallest absolute Gasteiger partial charge is 0.261 e. The quantitative estimate of drug-likeness (QED) is 0.783. The van der Waals surface area contributed by atoms with E-state index in [0.717, 1.165) is 10.8 Å². The van der Waals surface area contributed by atoms with Gasteiger partial charge in [-0.05, 0) is 24.3 Å². The molecule has 3 aromatic carbocycles. The fourth-order valence-electron chi connectivity index (χ4n) is 2.15. The van der Waals surface area contributed by atoms with E-state index in [1.54, 1.807) is 42.5 Å². The van der Waals surface area contributed by atoms with E-state index in [0.29, 0.717) is 10.7 Å². The maximum Gasteiger partial charge on any atom is 0.261 e. The van der Waals surface area contributed by atoms with Gasteiger partial charge in [0.15, 0.2) is 0 Å². The molecule has 0 saturated carbocycles. The second-order valence-electron chi connectivity index (χ2n) is 4.56. The number of fused-ring (bicyclic) bond motifs is 1. The number of sulfonamides is 1. The third-order valence-corrected chi connectivity index (χ3v) is 4.88. The van der Waals surface area contributed by atoms with Crippen molar-refractivity contribution >= 4 is 38.1 Å². The summed E-state index contributed by atoms with van der Waals surface area (Å²) in [6.07, 6.45) is 0. The Morgan fingerprint density at radius 1 is 0.762 bits per heavy atom. The molecule has 0 amide bonds. The number of nitrogens with one attached hydrogen (secondary N) is 1. The minimum absolute atomic E-state index is 0.226. The molecule has 0 bridgehead atoms. The Balaban J connectivity index is 2.09. The Morgan fingerprint density at radius 3 is 2.10 bits per heavy atom. The highest BCUT2D eigenvalue weighted by molar-refractivity contribution is 7.92. The van der Waals surface area contributed by atoms with Crippen molar-refractivity contribution in [2.75, 3.05) is 4.72 Å². The van der Waals surface area contributed by atoms with Crippen LogP contribution in [0, 0.1) is 0 Å². The first-order chi connectivity index (χ1) is 10.1. The molecule has 106 valence electrons. The zero-order chi connectivity index (χ0) is 14.9. The molecule has 21 heavy (non-hydrogen) atoms. The SMILES string of the molecule is O=S(=O)(Nc1ccc(Cl)c2ccccc12)c1ccccc1. The van der Waals surface area contributed by atoms with Crippen LogP contribution in [0.3, 0.4) is 0 Å². The van der Waals surface area contributed by atoms with Crippen molar-refractivity contribution in [3.63, 3.8) is 0 Å². The lowest BCUT2D eigenvalue weighted by Crippen LogP contribution is -2.13. The van der Waals surface area contributed by atoms with Crippen LogP contribution >= 0.6 is 11.6 Å². The maximum atomic E-state index is 12.4. The molecule has 0 fully saturated rings. The number of rotatable bonds is 3. The van der Waals surface area contributed by atoms with E-state index in [9.17, 15) is 8.42 Å². The Kier molecular flexibility index (Phi) is 3.57. The molecular weight excluding hydrogens is 306 g/mol. The van der Waals surface area contributed by atoms with Crippen molar-refractivity contribution in [1.29, 1.82) is 0 Å². The van der Waals surface area contributed by atoms with Crippen LogP contribution in [-0.4, -0.2) is 8.42 Å². The van der Waals surface area contributed by atoms with Gasteiger partial charge in [0.2, 0.25) is 0 Å². The van der Waals surface area contributed by atoms with Gasteiger partial charge in [0.05, 0.1) is 10.6 Å². The molecule has 3 rings (SSSR count). The summed E-state index contributed by atoms with van der Waals surface area (Å²) in [7, 11) is -3.61. The van der Waals surface area contributed by atoms with Crippen molar-refractivity contribution in [2.24, 2.45) is 0 Å². The number of anilines is 1. The Bertz CT molecular complexity index is 893. The van der Waals surface area contributed by atoms with Crippen LogP contribution in [0.4, 0.5) is 5.69 Å². The molecule has 0 aromatic heterocycles. The van der Waals surface area contributed by atoms with Crippen LogP contribution in [0.2, 0.25) is 5.02 Å². The highest BCUT2D eigenvalue weighted by atomic mass is 35.5. The second-order valence-corrected chi connectivity index (χ2v) is 6.65. The summed E-state index contributed by atoms with van der Waals surface area (Å²) >= 11 is 6.14. The molecule has 3 aromatic rings. The molecule has 0 aliphatic rings. The summed E-state index contributed by atoms with van der Waals surface area (Å²) in [5.74, 6) is 0. The lowest BCUT2D eigenvalue weighted by atomic mass is 10.1. The molecule has 0 aliphatic heterocycles. The van der Waals surface area contributed by atoms with Crippen molar-refractivity contribution in [1.82, 2.24) is 0 Å². The fraction of sp³-hybridized carbons (Fsp3) is 0. The largest absolute Gasteiger partial charge is 0.279 e. The van der Waals surface area contributed by atoms with Gasteiger partial charge in [-0.1, -0.05) is 54.1 Å². The molecule has 1 N–H and O–H groups in total. The molecule has 0 aliphatic carbocycles. The normalized spacial score (nSPS) is 11.5. The number of benzene rings is 3. The highest BCUT2D eigenvalue weighted by Crippen LogP contribution is 2.30. The first kappa shape index (κ1) is 13.9. The molecular formula is C16H12ClNO2S. The topological polar surface area (TPSA) is 46.2 Å². The summed E-state index contributed by atoms with van der Waals surface area (Å²) in [4.78, 5) is 0.226. The lowest BCUT2D eigenvalue weighted by molar-refractivity contribution is 0.601. The van der Waals surface area contributed by atoms with Gasteiger partial charge < -0.3 is 0 Å². The zero-order valence-corrected chi connectivity index (χ0v) is 12.5. The predicted octanol–water partition coefficient (Wildman–Crippen LogP) is 4.29. The van der Waals surface area contributed by atoms with Crippen molar-refractivity contribution in [3.8, 4) is 0 Å². The van der Waals surface area contributed by atoms with Crippen LogP contribution < -0.4 is 4.72 Å². The Labute approximate surface area is 128 Å². The number of hydrogen-bond acceptors (Lipinski definition) is 2. The van der Waals surface area contributed by atoms with Crippen LogP contribution in [0.5, 0.6) is 0 Å². The van der Waals surface area contributed by atoms with Gasteiger partial charge in [-0.3, -0.25) is 4.72 Å². The van der Waals surface area contributed by atoms with E-state index in [-0.39, 0.29) is 4.90 Å². The van der Waals surface area contributed by atoms with Crippen molar-refractivity contribution in [2.45, 2.75) is 4.90 Å². The molecule has 0 radical (unpaired) electrons. The lowest BCUT2D eigenvalue weighted by Gasteiger charge is -2.11. The standard InChI is InChI=1S/C16H12ClNO2S/c17-15-10-11-16(14-9-5-4-8-13(14)15)18-21(19,20)12-6-2-1-3-7-12/h1-11,18H. The summed E-state index contributed by atoms with van der Waals surface area (Å²) in [5, 5.41) is 2.17. The molecule has 0 atom stereocenters. The predicted molar refractivity (Wildman–Crippen MR) is 86.2 cm³/mol. The van der Waals surface area contributed by atoms with Crippen molar-refractivity contribution < 1.29 is 8.42 Å². The van der Waals surface area contributed by atoms with Gasteiger partial charge >= 0.3 is 0 Å². The molecule has 0 heterocycles. The summed E-state index contributed by atoms with van der Waals surface area (Å²) < 4.78 is 27.4. The van der Waals surface area contributed by atoms with E-state index in [1.807, 2.05) is 24.3 Å². The highest BCUT2D eigenvalue weighted by Gasteiger charge is 2.15. The summed E-state index contributed by atoms with van der Waals surface area (Å²) in [5.41, 5.74) is 0.513. The average Bonchev–Trinajstić information content (AvgIpc) is 2.51. The van der Waals surface area contributed by atoms with Gasteiger partial charge in [0.25, 0.3) is 10.0 Å². The molecule has 0 saturated heterocycles. The van der Waals surface area contributed by atoms with E-state index in [4.69, 9.17) is 11.6 Å². The molecule has 3 nitrogen and oxygen atoms in total. The van der Waals surface area contributed by atoms with E-state index in [2.05, 4.69) is 4.72 Å². The molecule has 0 unspecified atom stereocenters. The average molecular weight is 318 g/mol. The van der Waals surface area contributed by atoms with E-state index < -0.39 is 10.0 Å². The second kappa shape index (κ2) is 5.39. The number of halogens is 1. The van der Waals surface area contributed by atoms with E-state index in [1.165, 1.54) is 0 Å². The number of hydrogen-bond donors (Lipinski definition) is 1. The van der Waals surface area contributed by atoms with E-state index >= 15 is 0 Å². The third kappa shape index (κ3) is 2.73. The molecule has 0 spiro atoms. The zero-order valence-electron chi connectivity index (χ0n) is 11.0. The van der Waals surface area contributed by atoms with Gasteiger partial charge in [-0.25, -0.2) is 8.42 Å². The third-order valence-electron chi connectivity index (χ3n) is 3.17. The van der Waals surface area contributed by atoms with Crippen LogP contribution in [0.1, 0.15) is 0 Å². The summed E-state index contributed by atoms with van der Waals surface area (Å²) in [6, 6.07) is 19.0. The van der Waals surface area contributed by atoms with Gasteiger partial charge in [-0.2, -0.15) is 0 Å². The van der Waals surface area contributed by atoms with Gasteiger partial charge in [-0.15, -0.1) is 0 Å².